The van der Waals surface area contributed by atoms with Gasteiger partial charge in [0, 0.05) is 12.8 Å². The number of carbonyl (C=O) groups excluding carboxylic acids is 2. The van der Waals surface area contributed by atoms with E-state index in [-0.39, 0.29) is 25.2 Å². The summed E-state index contributed by atoms with van der Waals surface area (Å²) in [5.41, 5.74) is 0. The molecule has 0 amide bonds. The number of aliphatic hydroxyl groups excluding tert-OH is 1. The number of hydrogen-bond acceptors (Lipinski definition) is 6. The number of unbranched alkanes of at least 4 members (excludes halogenated alkanes) is 8. The topological polar surface area (TPSA) is 85.4 Å². The Hall–Kier alpha value is -1.92. The van der Waals surface area contributed by atoms with Crippen molar-refractivity contribution in [3.63, 3.8) is 0 Å². The summed E-state index contributed by atoms with van der Waals surface area (Å²) in [7, 11) is 0. The Morgan fingerprint density at radius 3 is 2.08 bits per heavy atom. The zero-order chi connectivity index (χ0) is 27.0. The second-order valence-electron chi connectivity index (χ2n) is 9.86. The summed E-state index contributed by atoms with van der Waals surface area (Å²) in [6.07, 6.45) is 28.3. The minimum Gasteiger partial charge on any atom is -0.462 e. The maximum absolute atomic E-state index is 11.9. The highest BCUT2D eigenvalue weighted by Gasteiger charge is 2.35. The van der Waals surface area contributed by atoms with Crippen LogP contribution < -0.4 is 0 Å². The largest absolute Gasteiger partial charge is 0.462 e. The number of aliphatic hydroxyl groups is 1. The Kier molecular flexibility index (Phi) is 20.8. The fraction of sp³-hybridized carbons (Fsp3) is 0.742. The molecule has 0 aromatic rings. The monoisotopic (exact) mass is 520 g/mol. The molecule has 1 aliphatic heterocycles. The third-order valence-corrected chi connectivity index (χ3v) is 6.34. The molecule has 1 saturated heterocycles. The Balaban J connectivity index is 1.99. The van der Waals surface area contributed by atoms with Crippen molar-refractivity contribution in [1.82, 2.24) is 0 Å². The molecular weight excluding hydrogens is 468 g/mol. The maximum atomic E-state index is 11.9. The van der Waals surface area contributed by atoms with E-state index in [9.17, 15) is 14.7 Å². The summed E-state index contributed by atoms with van der Waals surface area (Å²) in [4.78, 5) is 23.8. The van der Waals surface area contributed by atoms with Crippen LogP contribution in [0.5, 0.6) is 0 Å². The van der Waals surface area contributed by atoms with Crippen LogP contribution in [0.2, 0.25) is 0 Å². The van der Waals surface area contributed by atoms with Gasteiger partial charge in [-0.3, -0.25) is 9.59 Å². The van der Waals surface area contributed by atoms with E-state index >= 15 is 0 Å². The van der Waals surface area contributed by atoms with Gasteiger partial charge in [0.05, 0.1) is 18.8 Å². The highest BCUT2D eigenvalue weighted by atomic mass is 16.6. The minimum atomic E-state index is -0.790. The van der Waals surface area contributed by atoms with Crippen LogP contribution in [0.15, 0.2) is 36.5 Å². The van der Waals surface area contributed by atoms with Crippen LogP contribution in [0.1, 0.15) is 117 Å². The summed E-state index contributed by atoms with van der Waals surface area (Å²) in [6.45, 7) is 3.92. The average Bonchev–Trinajstić information content (AvgIpc) is 3.65. The zero-order valence-corrected chi connectivity index (χ0v) is 23.4. The van der Waals surface area contributed by atoms with E-state index in [0.717, 1.165) is 51.4 Å². The molecule has 0 aliphatic carbocycles. The third kappa shape index (κ3) is 19.8. The predicted octanol–water partition coefficient (Wildman–Crippen LogP) is 7.15. The first kappa shape index (κ1) is 33.1. The molecule has 0 radical (unpaired) electrons. The molecule has 1 heterocycles. The fourth-order valence-electron chi connectivity index (χ4n) is 3.94. The van der Waals surface area contributed by atoms with Crippen LogP contribution in [-0.4, -0.2) is 48.6 Å². The highest BCUT2D eigenvalue weighted by Crippen LogP contribution is 2.29. The predicted molar refractivity (Wildman–Crippen MR) is 149 cm³/mol. The molecule has 3 atom stereocenters. The Labute approximate surface area is 225 Å². The molecule has 37 heavy (non-hydrogen) atoms. The molecule has 0 spiro atoms. The van der Waals surface area contributed by atoms with Crippen molar-refractivity contribution in [3.05, 3.63) is 36.5 Å². The second-order valence-corrected chi connectivity index (χ2v) is 9.86. The van der Waals surface area contributed by atoms with Crippen molar-refractivity contribution in [3.8, 4) is 0 Å². The van der Waals surface area contributed by atoms with Crippen molar-refractivity contribution in [2.24, 2.45) is 0 Å². The van der Waals surface area contributed by atoms with Crippen LogP contribution in [0.25, 0.3) is 0 Å². The van der Waals surface area contributed by atoms with Gasteiger partial charge in [-0.2, -0.15) is 0 Å². The highest BCUT2D eigenvalue weighted by molar-refractivity contribution is 5.70. The van der Waals surface area contributed by atoms with E-state index in [1.807, 2.05) is 0 Å². The Bertz CT molecular complexity index is 669. The summed E-state index contributed by atoms with van der Waals surface area (Å²) in [5, 5.41) is 9.39. The van der Waals surface area contributed by atoms with Crippen molar-refractivity contribution in [2.45, 2.75) is 135 Å². The zero-order valence-electron chi connectivity index (χ0n) is 23.4. The van der Waals surface area contributed by atoms with Crippen LogP contribution in [-0.2, 0) is 23.8 Å². The van der Waals surface area contributed by atoms with E-state index in [0.29, 0.717) is 31.5 Å². The number of epoxide rings is 1. The van der Waals surface area contributed by atoms with E-state index in [4.69, 9.17) is 14.2 Å². The molecule has 1 aliphatic rings. The van der Waals surface area contributed by atoms with Crippen molar-refractivity contribution in [2.75, 3.05) is 13.2 Å². The molecule has 2 unspecified atom stereocenters. The van der Waals surface area contributed by atoms with E-state index in [1.165, 1.54) is 32.1 Å². The molecule has 0 bridgehead atoms. The quantitative estimate of drug-likeness (QED) is 0.0629. The number of carbonyl (C=O) groups is 2. The van der Waals surface area contributed by atoms with Crippen molar-refractivity contribution < 1.29 is 28.9 Å². The molecule has 212 valence electrons. The standard InChI is InChI=1S/C31H52O6/c1-3-5-7-9-14-17-21-28-29(37-28)22-18-15-11-10-12-16-19-23-30(33)35-26-27(25-32)36-31(34)24-20-13-8-6-4-2/h10,12,14-15,17-18,27-29,32H,3-9,11,13,16,19-26H2,1-2H3/b12-10-,17-14-,18-15-/t27-,28?,29?/m0/s1. The molecule has 1 fully saturated rings. The number of esters is 2. The smallest absolute Gasteiger partial charge is 0.306 e. The summed E-state index contributed by atoms with van der Waals surface area (Å²) in [5.74, 6) is -0.683. The first-order valence-corrected chi connectivity index (χ1v) is 14.7. The lowest BCUT2D eigenvalue weighted by atomic mass is 10.1. The summed E-state index contributed by atoms with van der Waals surface area (Å²) < 4.78 is 16.1. The lowest BCUT2D eigenvalue weighted by molar-refractivity contribution is -0.161. The van der Waals surface area contributed by atoms with Gasteiger partial charge in [-0.15, -0.1) is 0 Å². The minimum absolute atomic E-state index is 0.0989. The molecule has 0 aromatic heterocycles. The van der Waals surface area contributed by atoms with Gasteiger partial charge in [-0.1, -0.05) is 88.8 Å². The van der Waals surface area contributed by atoms with Gasteiger partial charge in [0.25, 0.3) is 0 Å². The van der Waals surface area contributed by atoms with E-state index in [2.05, 4.69) is 50.3 Å². The van der Waals surface area contributed by atoms with Gasteiger partial charge in [0.15, 0.2) is 6.10 Å². The fourth-order valence-corrected chi connectivity index (χ4v) is 3.94. The van der Waals surface area contributed by atoms with Crippen molar-refractivity contribution in [1.29, 1.82) is 0 Å². The number of ether oxygens (including phenoxy) is 3. The average molecular weight is 521 g/mol. The molecule has 6 heteroatoms. The first-order chi connectivity index (χ1) is 18.1. The lowest BCUT2D eigenvalue weighted by Crippen LogP contribution is -2.28. The van der Waals surface area contributed by atoms with Gasteiger partial charge in [0.1, 0.15) is 6.61 Å². The molecule has 0 saturated carbocycles. The summed E-state index contributed by atoms with van der Waals surface area (Å²) in [6, 6.07) is 0. The molecule has 6 nitrogen and oxygen atoms in total. The molecule has 0 aromatic carbocycles. The molecule has 1 N–H and O–H groups in total. The lowest BCUT2D eigenvalue weighted by Gasteiger charge is -2.15. The van der Waals surface area contributed by atoms with Crippen LogP contribution in [0.4, 0.5) is 0 Å². The van der Waals surface area contributed by atoms with Gasteiger partial charge in [-0.25, -0.2) is 0 Å². The normalized spacial score (nSPS) is 18.1. The van der Waals surface area contributed by atoms with Crippen LogP contribution in [0.3, 0.4) is 0 Å². The summed E-state index contributed by atoms with van der Waals surface area (Å²) >= 11 is 0. The van der Waals surface area contributed by atoms with Gasteiger partial charge in [-0.05, 0) is 51.4 Å². The SMILES string of the molecule is CCCCC/C=C\CC1OC1C/C=C\C/C=C\CCCC(=O)OC[C@H](CO)OC(=O)CCCCCCC. The van der Waals surface area contributed by atoms with Gasteiger partial charge >= 0.3 is 11.9 Å². The Morgan fingerprint density at radius 1 is 0.757 bits per heavy atom. The third-order valence-electron chi connectivity index (χ3n) is 6.34. The molecule has 1 rings (SSSR count). The van der Waals surface area contributed by atoms with Crippen LogP contribution >= 0.6 is 0 Å². The maximum Gasteiger partial charge on any atom is 0.306 e. The Morgan fingerprint density at radius 2 is 1.35 bits per heavy atom. The second kappa shape index (κ2) is 23.2. The molecular formula is C31H52O6. The number of allylic oxidation sites excluding steroid dienone is 4. The van der Waals surface area contributed by atoms with E-state index in [1.54, 1.807) is 0 Å². The number of hydrogen-bond donors (Lipinski definition) is 1. The number of rotatable bonds is 24. The van der Waals surface area contributed by atoms with Crippen molar-refractivity contribution >= 4 is 11.9 Å². The van der Waals surface area contributed by atoms with Crippen LogP contribution in [0, 0.1) is 0 Å². The van der Waals surface area contributed by atoms with Gasteiger partial charge in [0.2, 0.25) is 0 Å². The van der Waals surface area contributed by atoms with Gasteiger partial charge < -0.3 is 19.3 Å². The van der Waals surface area contributed by atoms with E-state index < -0.39 is 6.10 Å². The first-order valence-electron chi connectivity index (χ1n) is 14.7.